The molecule has 2 aromatic rings. The first-order chi connectivity index (χ1) is 9.67. The van der Waals surface area contributed by atoms with Crippen LogP contribution in [0.3, 0.4) is 0 Å². The SMILES string of the molecule is CCCNC(=S)Nc1ccn(Cc2ccc(C)cc2)n1. The topological polar surface area (TPSA) is 41.9 Å². The fourth-order valence-corrected chi connectivity index (χ4v) is 2.00. The zero-order chi connectivity index (χ0) is 14.4. The van der Waals surface area contributed by atoms with Crippen molar-refractivity contribution in [1.29, 1.82) is 0 Å². The van der Waals surface area contributed by atoms with E-state index in [-0.39, 0.29) is 0 Å². The van der Waals surface area contributed by atoms with Crippen LogP contribution >= 0.6 is 12.2 Å². The van der Waals surface area contributed by atoms with Crippen molar-refractivity contribution in [2.45, 2.75) is 26.8 Å². The van der Waals surface area contributed by atoms with E-state index in [1.165, 1.54) is 11.1 Å². The maximum absolute atomic E-state index is 5.18. The minimum absolute atomic E-state index is 0.618. The number of anilines is 1. The van der Waals surface area contributed by atoms with Crippen LogP contribution in [0.2, 0.25) is 0 Å². The summed E-state index contributed by atoms with van der Waals surface area (Å²) in [7, 11) is 0. The van der Waals surface area contributed by atoms with E-state index in [0.29, 0.717) is 5.11 Å². The van der Waals surface area contributed by atoms with Gasteiger partial charge in [-0.1, -0.05) is 36.8 Å². The Morgan fingerprint density at radius 3 is 2.70 bits per heavy atom. The lowest BCUT2D eigenvalue weighted by atomic mass is 10.1. The number of nitrogens with one attached hydrogen (secondary N) is 2. The van der Waals surface area contributed by atoms with Gasteiger partial charge in [-0.3, -0.25) is 4.68 Å². The van der Waals surface area contributed by atoms with Gasteiger partial charge in [0.2, 0.25) is 0 Å². The van der Waals surface area contributed by atoms with Crippen molar-refractivity contribution < 1.29 is 0 Å². The van der Waals surface area contributed by atoms with Crippen molar-refractivity contribution in [2.75, 3.05) is 11.9 Å². The Balaban J connectivity index is 1.91. The van der Waals surface area contributed by atoms with Gasteiger partial charge in [0.1, 0.15) is 0 Å². The van der Waals surface area contributed by atoms with E-state index >= 15 is 0 Å². The van der Waals surface area contributed by atoms with Gasteiger partial charge in [-0.05, 0) is 31.1 Å². The number of nitrogens with zero attached hydrogens (tertiary/aromatic N) is 2. The summed E-state index contributed by atoms with van der Waals surface area (Å²) in [6, 6.07) is 10.4. The monoisotopic (exact) mass is 288 g/mol. The van der Waals surface area contributed by atoms with Gasteiger partial charge < -0.3 is 10.6 Å². The fraction of sp³-hybridized carbons (Fsp3) is 0.333. The molecule has 0 unspecified atom stereocenters. The predicted octanol–water partition coefficient (Wildman–Crippen LogP) is 2.94. The Bertz CT molecular complexity index is 560. The van der Waals surface area contributed by atoms with Gasteiger partial charge in [0.25, 0.3) is 0 Å². The fourth-order valence-electron chi connectivity index (χ4n) is 1.80. The van der Waals surface area contributed by atoms with Crippen LogP contribution in [0.25, 0.3) is 0 Å². The van der Waals surface area contributed by atoms with Crippen LogP contribution in [0, 0.1) is 6.92 Å². The number of rotatable bonds is 5. The molecule has 0 saturated heterocycles. The number of hydrogen-bond acceptors (Lipinski definition) is 2. The maximum atomic E-state index is 5.18. The third-order valence-electron chi connectivity index (χ3n) is 2.88. The highest BCUT2D eigenvalue weighted by molar-refractivity contribution is 7.80. The van der Waals surface area contributed by atoms with Crippen molar-refractivity contribution in [3.05, 3.63) is 47.7 Å². The number of thiocarbonyl (C=S) groups is 1. The minimum Gasteiger partial charge on any atom is -0.362 e. The molecule has 2 N–H and O–H groups in total. The lowest BCUT2D eigenvalue weighted by molar-refractivity contribution is 0.689. The Hall–Kier alpha value is -1.88. The Morgan fingerprint density at radius 2 is 2.00 bits per heavy atom. The van der Waals surface area contributed by atoms with Crippen molar-refractivity contribution in [1.82, 2.24) is 15.1 Å². The first kappa shape index (κ1) is 14.5. The van der Waals surface area contributed by atoms with E-state index < -0.39 is 0 Å². The highest BCUT2D eigenvalue weighted by Gasteiger charge is 2.02. The Morgan fingerprint density at radius 1 is 1.25 bits per heavy atom. The standard InChI is InChI=1S/C15H20N4S/c1-3-9-16-15(20)17-14-8-10-19(18-14)11-13-6-4-12(2)5-7-13/h4-8,10H,3,9,11H2,1-2H3,(H2,16,17,18,20). The summed E-state index contributed by atoms with van der Waals surface area (Å²) in [5, 5.41) is 11.3. The number of hydrogen-bond donors (Lipinski definition) is 2. The number of aromatic nitrogens is 2. The van der Waals surface area contributed by atoms with Gasteiger partial charge in [0, 0.05) is 18.8 Å². The molecule has 20 heavy (non-hydrogen) atoms. The second-order valence-electron chi connectivity index (χ2n) is 4.77. The van der Waals surface area contributed by atoms with Crippen LogP contribution in [-0.2, 0) is 6.54 Å². The lowest BCUT2D eigenvalue weighted by Gasteiger charge is -2.07. The van der Waals surface area contributed by atoms with Gasteiger partial charge in [0.05, 0.1) is 6.54 Å². The Labute approximate surface area is 125 Å². The second-order valence-corrected chi connectivity index (χ2v) is 5.17. The van der Waals surface area contributed by atoms with E-state index in [4.69, 9.17) is 12.2 Å². The van der Waals surface area contributed by atoms with E-state index in [9.17, 15) is 0 Å². The van der Waals surface area contributed by atoms with E-state index in [1.807, 2.05) is 16.9 Å². The molecule has 4 nitrogen and oxygen atoms in total. The molecule has 1 heterocycles. The van der Waals surface area contributed by atoms with E-state index in [0.717, 1.165) is 25.3 Å². The molecule has 0 fully saturated rings. The molecule has 0 bridgehead atoms. The van der Waals surface area contributed by atoms with Crippen molar-refractivity contribution in [3.63, 3.8) is 0 Å². The molecule has 0 spiro atoms. The van der Waals surface area contributed by atoms with E-state index in [2.05, 4.69) is 53.8 Å². The highest BCUT2D eigenvalue weighted by Crippen LogP contribution is 2.07. The first-order valence-electron chi connectivity index (χ1n) is 6.81. The second kappa shape index (κ2) is 7.05. The van der Waals surface area contributed by atoms with Gasteiger partial charge >= 0.3 is 0 Å². The largest absolute Gasteiger partial charge is 0.362 e. The Kier molecular flexibility index (Phi) is 5.12. The third kappa shape index (κ3) is 4.35. The quantitative estimate of drug-likeness (QED) is 0.830. The molecular weight excluding hydrogens is 268 g/mol. The van der Waals surface area contributed by atoms with Crippen LogP contribution in [0.5, 0.6) is 0 Å². The smallest absolute Gasteiger partial charge is 0.171 e. The summed E-state index contributed by atoms with van der Waals surface area (Å²) >= 11 is 5.18. The average Bonchev–Trinajstić information content (AvgIpc) is 2.86. The minimum atomic E-state index is 0.618. The molecule has 0 atom stereocenters. The normalized spacial score (nSPS) is 10.3. The van der Waals surface area contributed by atoms with Crippen molar-refractivity contribution in [2.24, 2.45) is 0 Å². The van der Waals surface area contributed by atoms with Gasteiger partial charge in [-0.15, -0.1) is 0 Å². The van der Waals surface area contributed by atoms with Crippen LogP contribution in [-0.4, -0.2) is 21.4 Å². The molecule has 0 aliphatic heterocycles. The van der Waals surface area contributed by atoms with Gasteiger partial charge in [0.15, 0.2) is 10.9 Å². The first-order valence-corrected chi connectivity index (χ1v) is 7.22. The molecular formula is C15H20N4S. The number of benzene rings is 1. The summed E-state index contributed by atoms with van der Waals surface area (Å²) in [5.41, 5.74) is 2.50. The zero-order valence-corrected chi connectivity index (χ0v) is 12.7. The molecule has 106 valence electrons. The molecule has 0 radical (unpaired) electrons. The van der Waals surface area contributed by atoms with Gasteiger partial charge in [-0.2, -0.15) is 5.10 Å². The third-order valence-corrected chi connectivity index (χ3v) is 3.13. The average molecular weight is 288 g/mol. The van der Waals surface area contributed by atoms with Crippen LogP contribution in [0.15, 0.2) is 36.5 Å². The molecule has 0 amide bonds. The molecule has 0 aliphatic rings. The summed E-state index contributed by atoms with van der Waals surface area (Å²) in [5.74, 6) is 0.769. The molecule has 2 rings (SSSR count). The molecule has 1 aromatic carbocycles. The molecule has 0 aliphatic carbocycles. The highest BCUT2D eigenvalue weighted by atomic mass is 32.1. The van der Waals surface area contributed by atoms with E-state index in [1.54, 1.807) is 0 Å². The summed E-state index contributed by atoms with van der Waals surface area (Å²) in [4.78, 5) is 0. The molecule has 5 heteroatoms. The zero-order valence-electron chi connectivity index (χ0n) is 11.9. The van der Waals surface area contributed by atoms with Crippen LogP contribution in [0.4, 0.5) is 5.82 Å². The summed E-state index contributed by atoms with van der Waals surface area (Å²) < 4.78 is 1.90. The van der Waals surface area contributed by atoms with Crippen molar-refractivity contribution in [3.8, 4) is 0 Å². The summed E-state index contributed by atoms with van der Waals surface area (Å²) in [6.45, 7) is 5.82. The maximum Gasteiger partial charge on any atom is 0.171 e. The molecule has 0 saturated carbocycles. The van der Waals surface area contributed by atoms with Gasteiger partial charge in [-0.25, -0.2) is 0 Å². The lowest BCUT2D eigenvalue weighted by Crippen LogP contribution is -2.29. The van der Waals surface area contributed by atoms with Crippen LogP contribution < -0.4 is 10.6 Å². The molecule has 1 aromatic heterocycles. The summed E-state index contributed by atoms with van der Waals surface area (Å²) in [6.07, 6.45) is 2.99. The number of aryl methyl sites for hydroxylation is 1. The van der Waals surface area contributed by atoms with Crippen LogP contribution in [0.1, 0.15) is 24.5 Å². The predicted molar refractivity (Wildman–Crippen MR) is 87.0 cm³/mol. The van der Waals surface area contributed by atoms with Crippen molar-refractivity contribution >= 4 is 23.1 Å².